The Labute approximate surface area is 840 Å². The van der Waals surface area contributed by atoms with Crippen molar-refractivity contribution in [1.29, 1.82) is 16.2 Å². The number of aliphatic hydroxyl groups is 1. The number of nitrogens with two attached hydrogens (primary N) is 6. The Balaban J connectivity index is 2.18. The number of carbonyl (C=O) groups excluding carboxylic acids is 17. The van der Waals surface area contributed by atoms with Gasteiger partial charge in [0.2, 0.25) is 100 Å². The molecule has 0 saturated carbocycles. The predicted molar refractivity (Wildman–Crippen MR) is 536 cm³/mol. The van der Waals surface area contributed by atoms with Crippen molar-refractivity contribution >= 4 is 124 Å². The Morgan fingerprint density at radius 3 is 1.40 bits per heavy atom. The number of phenolic OH excluding ortho intramolecular Hbond substituents is 1. The van der Waals surface area contributed by atoms with Gasteiger partial charge in [0, 0.05) is 58.8 Å². The summed E-state index contributed by atoms with van der Waals surface area (Å²) in [6, 6.07) is -5.57. The van der Waals surface area contributed by atoms with Gasteiger partial charge in [-0.25, -0.2) is 0 Å². The summed E-state index contributed by atoms with van der Waals surface area (Å²) in [5, 5.41) is 105. The number of aliphatic hydroxyl groups excluding tert-OH is 1. The molecule has 49 heteroatoms. The fourth-order valence-electron chi connectivity index (χ4n) is 15.4. The number of aromatic hydroxyl groups is 1. The number of hydrogen-bond donors (Lipinski definition) is 31. The number of carboxylic acid groups (broad SMARTS) is 1. The average molecular weight is 2030 g/mol. The Morgan fingerprint density at radius 1 is 0.472 bits per heavy atom. The number of guanidine groups is 3. The van der Waals surface area contributed by atoms with Gasteiger partial charge in [0.15, 0.2) is 17.9 Å². The summed E-state index contributed by atoms with van der Waals surface area (Å²) in [5.74, 6) is -19.1. The summed E-state index contributed by atoms with van der Waals surface area (Å²) >= 11 is 0. The van der Waals surface area contributed by atoms with Crippen LogP contribution in [0.2, 0.25) is 0 Å². The third-order valence-corrected chi connectivity index (χ3v) is 23.7. The first-order valence-electron chi connectivity index (χ1n) is 49.1. The van der Waals surface area contributed by atoms with Crippen LogP contribution in [0.15, 0.2) is 66.7 Å². The first kappa shape index (κ1) is 124. The third kappa shape index (κ3) is 47.8. The van der Waals surface area contributed by atoms with Gasteiger partial charge in [-0.1, -0.05) is 102 Å². The van der Waals surface area contributed by atoms with E-state index in [1.165, 1.54) is 52.0 Å². The molecule has 0 spiro atoms. The topological polar surface area (TPSA) is 824 Å². The second-order valence-electron chi connectivity index (χ2n) is 37.2. The van der Waals surface area contributed by atoms with Crippen molar-refractivity contribution in [3.05, 3.63) is 77.9 Å². The van der Waals surface area contributed by atoms with E-state index < -0.39 is 233 Å². The van der Waals surface area contributed by atoms with Crippen LogP contribution in [0.25, 0.3) is 0 Å². The predicted octanol–water partition coefficient (Wildman–Crippen LogP) is -4.03. The van der Waals surface area contributed by atoms with Crippen molar-refractivity contribution < 1.29 is 102 Å². The van der Waals surface area contributed by atoms with Crippen LogP contribution in [-0.2, 0) is 99.1 Å². The van der Waals surface area contributed by atoms with E-state index in [1.54, 1.807) is 70.2 Å². The molecule has 1 aliphatic rings. The van der Waals surface area contributed by atoms with Crippen LogP contribution in [0.3, 0.4) is 0 Å². The van der Waals surface area contributed by atoms with Gasteiger partial charge < -0.3 is 151 Å². The highest BCUT2D eigenvalue weighted by atomic mass is 16.4. The quantitative estimate of drug-likeness (QED) is 0.0130. The molecule has 2 aromatic rings. The molecule has 804 valence electrons. The largest absolute Gasteiger partial charge is 0.508 e. The smallest absolute Gasteiger partial charge is 0.303 e. The van der Waals surface area contributed by atoms with Crippen LogP contribution in [0.1, 0.15) is 234 Å². The molecule has 1 aliphatic heterocycles. The Kier molecular flexibility index (Phi) is 56.4. The van der Waals surface area contributed by atoms with E-state index in [2.05, 4.69) is 101 Å². The maximum atomic E-state index is 15.3. The van der Waals surface area contributed by atoms with Crippen molar-refractivity contribution in [2.75, 3.05) is 39.3 Å². The van der Waals surface area contributed by atoms with E-state index >= 15 is 28.8 Å². The fraction of sp³-hybridized carbons (Fsp3) is 0.632. The molecular weight excluding hydrogens is 1870 g/mol. The summed E-state index contributed by atoms with van der Waals surface area (Å²) < 4.78 is 0. The fourth-order valence-corrected chi connectivity index (χ4v) is 15.4. The highest BCUT2D eigenvalue weighted by Crippen LogP contribution is 2.23. The molecular formula is C95H158N28O21. The Hall–Kier alpha value is -13.9. The Morgan fingerprint density at radius 2 is 0.917 bits per heavy atom. The first-order chi connectivity index (χ1) is 68.0. The van der Waals surface area contributed by atoms with Crippen LogP contribution in [0.4, 0.5) is 0 Å². The molecule has 0 bridgehead atoms. The molecule has 0 aliphatic carbocycles. The van der Waals surface area contributed by atoms with Crippen LogP contribution < -0.4 is 135 Å². The highest BCUT2D eigenvalue weighted by molar-refractivity contribution is 6.02. The molecule has 0 fully saturated rings. The number of benzene rings is 2. The summed E-state index contributed by atoms with van der Waals surface area (Å²) in [6.45, 7) is 15.1. The van der Waals surface area contributed by atoms with E-state index in [0.29, 0.717) is 30.4 Å². The van der Waals surface area contributed by atoms with Crippen LogP contribution in [0, 0.1) is 28.1 Å². The molecule has 2 aromatic carbocycles. The number of aliphatic carboxylic acids is 1. The number of hydrogen-bond acceptors (Lipinski definition) is 25. The van der Waals surface area contributed by atoms with Crippen LogP contribution in [0.5, 0.6) is 5.75 Å². The Bertz CT molecular complexity index is 4630. The number of phenols is 1. The normalized spacial score (nSPS) is 19.0. The maximum absolute atomic E-state index is 15.3. The molecule has 0 aromatic heterocycles. The number of carboxylic acids is 1. The van der Waals surface area contributed by atoms with E-state index in [0.717, 1.165) is 6.92 Å². The van der Waals surface area contributed by atoms with E-state index in [-0.39, 0.29) is 192 Å². The summed E-state index contributed by atoms with van der Waals surface area (Å²) in [4.78, 5) is 257. The molecule has 17 amide bonds. The van der Waals surface area contributed by atoms with Gasteiger partial charge in [0.05, 0.1) is 6.10 Å². The zero-order valence-electron chi connectivity index (χ0n) is 84.4. The molecule has 144 heavy (non-hydrogen) atoms. The number of carbonyl (C=O) groups is 18. The summed E-state index contributed by atoms with van der Waals surface area (Å²) in [7, 11) is 0. The van der Waals surface area contributed by atoms with Crippen molar-refractivity contribution in [1.82, 2.24) is 101 Å². The van der Waals surface area contributed by atoms with Crippen molar-refractivity contribution in [3.63, 3.8) is 0 Å². The zero-order valence-corrected chi connectivity index (χ0v) is 84.4. The first-order valence-corrected chi connectivity index (χ1v) is 49.1. The molecule has 0 radical (unpaired) electrons. The van der Waals surface area contributed by atoms with Crippen molar-refractivity contribution in [3.8, 4) is 5.75 Å². The number of amides is 17. The minimum Gasteiger partial charge on any atom is -0.508 e. The van der Waals surface area contributed by atoms with E-state index in [1.807, 2.05) is 6.92 Å². The monoisotopic (exact) mass is 2030 g/mol. The SMILES string of the molecule is CCCC[C@H](NC(=O)[C@H](CCC(=O)O)NC(=O)[C@H](CCCNC(=N)N)NC(=O)[C@H](Cc1ccc(O)cc1)NC(=O)[C@H](CCCCN)NC(=O)[C@H](C)NC(=O)[C@]1(C)CCC/C=C\CCC[C@](C)(NC(=O)[C@@H](NC(=O)[C@H](CCCN)NC(=O)[C@H](Cc2ccccc2)NC(=O)CCNC(C)=O)C(C)C)C(=O)N[C@@H](CCCNC(=N)N)C(=O)N[C@@H](CCCNC(=N)N)C(=O)N[C@@H]([C@@H](C)O)C(=O)N1)C(=O)N[C@@H](CC(C)C)C(N)=O. The minimum atomic E-state index is -2.06. The lowest BCUT2D eigenvalue weighted by Gasteiger charge is -2.34. The van der Waals surface area contributed by atoms with E-state index in [4.69, 9.17) is 50.6 Å². The molecule has 0 unspecified atom stereocenters. The van der Waals surface area contributed by atoms with Crippen LogP contribution in [-0.4, -0.2) is 275 Å². The van der Waals surface area contributed by atoms with Gasteiger partial charge in [-0.15, -0.1) is 0 Å². The second-order valence-corrected chi connectivity index (χ2v) is 37.2. The number of allylic oxidation sites excluding steroid dienone is 2. The molecule has 37 N–H and O–H groups in total. The average Bonchev–Trinajstić information content (AvgIpc) is 0.857. The lowest BCUT2D eigenvalue weighted by molar-refractivity contribution is -0.140. The van der Waals surface area contributed by atoms with Crippen molar-refractivity contribution in [2.45, 2.75) is 332 Å². The minimum absolute atomic E-state index is 0.00498. The molecule has 3 rings (SSSR count). The maximum Gasteiger partial charge on any atom is 0.303 e. The molecule has 49 nitrogen and oxygen atoms in total. The van der Waals surface area contributed by atoms with Crippen LogP contribution >= 0.6 is 0 Å². The number of rotatable bonds is 58. The number of primary amides is 1. The van der Waals surface area contributed by atoms with Gasteiger partial charge >= 0.3 is 5.97 Å². The van der Waals surface area contributed by atoms with Gasteiger partial charge in [0.1, 0.15) is 95.4 Å². The van der Waals surface area contributed by atoms with E-state index in [9.17, 15) is 72.9 Å². The molecule has 1 heterocycles. The van der Waals surface area contributed by atoms with Gasteiger partial charge in [-0.3, -0.25) is 103 Å². The zero-order chi connectivity index (χ0) is 108. The summed E-state index contributed by atoms with van der Waals surface area (Å²) in [6.07, 6.45) is 0.901. The van der Waals surface area contributed by atoms with Gasteiger partial charge in [0.25, 0.3) is 0 Å². The van der Waals surface area contributed by atoms with Crippen molar-refractivity contribution in [2.24, 2.45) is 46.2 Å². The second kappa shape index (κ2) is 65.3. The molecule has 0 saturated heterocycles. The number of nitrogens with one attached hydrogen (secondary N) is 22. The lowest BCUT2D eigenvalue weighted by Crippen LogP contribution is -2.66. The van der Waals surface area contributed by atoms with Gasteiger partial charge in [-0.05, 0) is 204 Å². The molecule has 16 atom stereocenters. The highest BCUT2D eigenvalue weighted by Gasteiger charge is 2.44. The summed E-state index contributed by atoms with van der Waals surface area (Å²) in [5.41, 5.74) is 31.2. The third-order valence-electron chi connectivity index (χ3n) is 23.7. The standard InChI is InChI=1S/C95H158N28O21/c1-11-12-30-62(79(133)117-69(76(98)130)51-54(2)3)112-82(136)68(40-41-73(128)129)116-78(132)65(33-25-47-106-91(99)100)115-86(140)71(53-60-36-38-61(126)39-37-60)118-80(134)63(31-20-23-45-96)111-77(131)56(6)109-89(143)94(9)43-21-15-13-14-16-22-44-95(10,90(144)119-67(35-27-49-108-93(103)104)81(135)113-66(34-26-48-107-92(101)102)84(138)121-75(57(7)124)88(142)123-94)122-87(141)74(55(4)5)120-83(137)64(32-24-46-97)114-85(139)70(52-59-28-18-17-19-29-59)110-72(127)42-50-105-58(8)125/h13-14,17-19,28-29,36-39,54-57,62-71,74-75,124,126H,11-12,15-16,20-27,30-35,40-53,96-97H2,1-10H3,(H2,98,130)(H,105,125)(H,109,143)(H,110,127)(H,111,131)(H,112,136)(H,113,135)(H,114,139)(H,115,140)(H,116,132)(H,117,133)(H,118,134)(H,119,144)(H,120,137)(H,121,138)(H,122,141)(H,123,142)(H,128,129)(H4,99,100,106)(H4,101,102,107)(H4,103,104,108)/b14-13-/t56-,57+,62-,63-,64-,65-,66-,67-,68-,69-,70-,71-,74-,75-,94-,95-/m0/s1. The van der Waals surface area contributed by atoms with Gasteiger partial charge in [-0.2, -0.15) is 0 Å². The number of unbranched alkanes of at least 4 members (excludes halogenated alkanes) is 2. The lowest BCUT2D eigenvalue weighted by atomic mass is 9.90.